The summed E-state index contributed by atoms with van der Waals surface area (Å²) in [6, 6.07) is 8.49. The number of ether oxygens (including phenoxy) is 2. The van der Waals surface area contributed by atoms with Gasteiger partial charge in [-0.05, 0) is 42.7 Å². The molecule has 0 saturated carbocycles. The molecule has 4 rings (SSSR count). The van der Waals surface area contributed by atoms with E-state index in [1.165, 1.54) is 17.2 Å². The largest absolute Gasteiger partial charge is 0.493 e. The van der Waals surface area contributed by atoms with E-state index in [0.29, 0.717) is 18.8 Å². The summed E-state index contributed by atoms with van der Waals surface area (Å²) in [6.45, 7) is 2.89. The van der Waals surface area contributed by atoms with Crippen molar-refractivity contribution in [2.45, 2.75) is 25.1 Å². The molecule has 2 aliphatic rings. The van der Waals surface area contributed by atoms with Crippen molar-refractivity contribution in [1.29, 1.82) is 0 Å². The highest BCUT2D eigenvalue weighted by molar-refractivity contribution is 6.31. The molecule has 0 N–H and O–H groups in total. The van der Waals surface area contributed by atoms with Crippen molar-refractivity contribution in [3.8, 4) is 11.5 Å². The van der Waals surface area contributed by atoms with Crippen LogP contribution in [0.25, 0.3) is 0 Å². The standard InChI is InChI=1S/C22H24ClF3N2O2/c1-29-20-8-5-15-16(21(20)30-2)4-7-19(15)28-11-9-27(10-12-28)14-3-6-18(23)17(13-14)22(24,25)26/h3,5-6,8,13,19H,4,7,9-12H2,1-2H3. The van der Waals surface area contributed by atoms with Gasteiger partial charge in [0.1, 0.15) is 0 Å². The van der Waals surface area contributed by atoms with E-state index in [4.69, 9.17) is 21.1 Å². The number of fused-ring (bicyclic) bond motifs is 1. The molecular weight excluding hydrogens is 417 g/mol. The van der Waals surface area contributed by atoms with Crippen LogP contribution < -0.4 is 14.4 Å². The monoisotopic (exact) mass is 440 g/mol. The van der Waals surface area contributed by atoms with Gasteiger partial charge in [-0.2, -0.15) is 13.2 Å². The Hall–Kier alpha value is -2.12. The maximum absolute atomic E-state index is 13.2. The van der Waals surface area contributed by atoms with Crippen molar-refractivity contribution in [2.24, 2.45) is 0 Å². The third-order valence-electron chi connectivity index (χ3n) is 6.09. The zero-order chi connectivity index (χ0) is 21.5. The second-order valence-corrected chi connectivity index (χ2v) is 8.02. The van der Waals surface area contributed by atoms with E-state index in [-0.39, 0.29) is 11.1 Å². The normalized spacial score (nSPS) is 19.7. The first-order valence-electron chi connectivity index (χ1n) is 9.93. The number of alkyl halides is 3. The molecule has 1 aliphatic carbocycles. The van der Waals surface area contributed by atoms with E-state index in [0.717, 1.165) is 43.5 Å². The van der Waals surface area contributed by atoms with Gasteiger partial charge in [-0.25, -0.2) is 0 Å². The second kappa shape index (κ2) is 8.19. The van der Waals surface area contributed by atoms with Gasteiger partial charge in [-0.3, -0.25) is 4.90 Å². The van der Waals surface area contributed by atoms with Crippen LogP contribution in [0.15, 0.2) is 30.3 Å². The molecule has 162 valence electrons. The van der Waals surface area contributed by atoms with Gasteiger partial charge < -0.3 is 14.4 Å². The fourth-order valence-corrected chi connectivity index (χ4v) is 4.84. The Kier molecular flexibility index (Phi) is 5.77. The lowest BCUT2D eigenvalue weighted by Gasteiger charge is -2.39. The van der Waals surface area contributed by atoms with E-state index < -0.39 is 11.7 Å². The topological polar surface area (TPSA) is 24.9 Å². The summed E-state index contributed by atoms with van der Waals surface area (Å²) in [5.41, 5.74) is 2.23. The Balaban J connectivity index is 1.48. The zero-order valence-corrected chi connectivity index (χ0v) is 17.7. The predicted molar refractivity (Wildman–Crippen MR) is 111 cm³/mol. The Morgan fingerprint density at radius 2 is 1.73 bits per heavy atom. The molecule has 1 unspecified atom stereocenters. The van der Waals surface area contributed by atoms with Crippen LogP contribution in [-0.2, 0) is 12.6 Å². The first-order chi connectivity index (χ1) is 14.3. The lowest BCUT2D eigenvalue weighted by Crippen LogP contribution is -2.47. The molecule has 0 radical (unpaired) electrons. The van der Waals surface area contributed by atoms with E-state index in [1.54, 1.807) is 20.3 Å². The minimum absolute atomic E-state index is 0.267. The summed E-state index contributed by atoms with van der Waals surface area (Å²) in [5, 5.41) is -0.267. The Labute approximate surface area is 179 Å². The van der Waals surface area contributed by atoms with Gasteiger partial charge >= 0.3 is 6.18 Å². The molecule has 30 heavy (non-hydrogen) atoms. The van der Waals surface area contributed by atoms with Crippen molar-refractivity contribution < 1.29 is 22.6 Å². The summed E-state index contributed by atoms with van der Waals surface area (Å²) in [4.78, 5) is 4.40. The number of hydrogen-bond acceptors (Lipinski definition) is 4. The number of rotatable bonds is 4. The molecule has 1 aliphatic heterocycles. The van der Waals surface area contributed by atoms with Crippen molar-refractivity contribution >= 4 is 17.3 Å². The van der Waals surface area contributed by atoms with E-state index in [1.807, 2.05) is 11.0 Å². The van der Waals surface area contributed by atoms with Crippen LogP contribution in [0, 0.1) is 0 Å². The number of halogens is 4. The summed E-state index contributed by atoms with van der Waals surface area (Å²) in [6.07, 6.45) is -2.53. The maximum atomic E-state index is 13.2. The fraction of sp³-hybridized carbons (Fsp3) is 0.455. The third-order valence-corrected chi connectivity index (χ3v) is 6.42. The van der Waals surface area contributed by atoms with Crippen molar-refractivity contribution in [1.82, 2.24) is 4.90 Å². The Bertz CT molecular complexity index is 927. The van der Waals surface area contributed by atoms with Crippen LogP contribution >= 0.6 is 11.6 Å². The van der Waals surface area contributed by atoms with Gasteiger partial charge in [0.05, 0.1) is 24.8 Å². The van der Waals surface area contributed by atoms with E-state index >= 15 is 0 Å². The molecule has 8 heteroatoms. The number of piperazine rings is 1. The summed E-state index contributed by atoms with van der Waals surface area (Å²) in [5.74, 6) is 1.54. The lowest BCUT2D eigenvalue weighted by molar-refractivity contribution is -0.137. The summed E-state index contributed by atoms with van der Waals surface area (Å²) in [7, 11) is 3.29. The summed E-state index contributed by atoms with van der Waals surface area (Å²) >= 11 is 5.76. The fourth-order valence-electron chi connectivity index (χ4n) is 4.61. The number of methoxy groups -OCH3 is 2. The smallest absolute Gasteiger partial charge is 0.417 e. The van der Waals surface area contributed by atoms with E-state index in [9.17, 15) is 13.2 Å². The van der Waals surface area contributed by atoms with Gasteiger partial charge in [0, 0.05) is 43.5 Å². The minimum Gasteiger partial charge on any atom is -0.493 e. The molecule has 4 nitrogen and oxygen atoms in total. The molecule has 1 fully saturated rings. The van der Waals surface area contributed by atoms with Crippen LogP contribution in [-0.4, -0.2) is 45.3 Å². The van der Waals surface area contributed by atoms with Gasteiger partial charge in [0.2, 0.25) is 0 Å². The molecular formula is C22H24ClF3N2O2. The number of nitrogens with zero attached hydrogens (tertiary/aromatic N) is 2. The van der Waals surface area contributed by atoms with Crippen LogP contribution in [0.3, 0.4) is 0 Å². The van der Waals surface area contributed by atoms with Crippen LogP contribution in [0.5, 0.6) is 11.5 Å². The first kappa shape index (κ1) is 21.1. The lowest BCUT2D eigenvalue weighted by atomic mass is 10.0. The van der Waals surface area contributed by atoms with Crippen molar-refractivity contribution in [3.63, 3.8) is 0 Å². The maximum Gasteiger partial charge on any atom is 0.417 e. The average molecular weight is 441 g/mol. The Morgan fingerprint density at radius 3 is 2.37 bits per heavy atom. The molecule has 2 aromatic rings. The molecule has 0 aromatic heterocycles. The van der Waals surface area contributed by atoms with Crippen molar-refractivity contribution in [2.75, 3.05) is 45.3 Å². The molecule has 1 atom stereocenters. The molecule has 1 saturated heterocycles. The number of anilines is 1. The van der Waals surface area contributed by atoms with Crippen LogP contribution in [0.4, 0.5) is 18.9 Å². The Morgan fingerprint density at radius 1 is 1.00 bits per heavy atom. The molecule has 0 spiro atoms. The quantitative estimate of drug-likeness (QED) is 0.653. The van der Waals surface area contributed by atoms with Gasteiger partial charge in [-0.1, -0.05) is 17.7 Å². The van der Waals surface area contributed by atoms with Crippen LogP contribution in [0.2, 0.25) is 5.02 Å². The first-order valence-corrected chi connectivity index (χ1v) is 10.3. The van der Waals surface area contributed by atoms with Gasteiger partial charge in [0.25, 0.3) is 0 Å². The zero-order valence-electron chi connectivity index (χ0n) is 16.9. The highest BCUT2D eigenvalue weighted by Crippen LogP contribution is 2.45. The van der Waals surface area contributed by atoms with Crippen molar-refractivity contribution in [3.05, 3.63) is 52.0 Å². The number of benzene rings is 2. The number of hydrogen-bond donors (Lipinski definition) is 0. The average Bonchev–Trinajstić information content (AvgIpc) is 3.16. The molecule has 0 bridgehead atoms. The van der Waals surface area contributed by atoms with E-state index in [2.05, 4.69) is 11.0 Å². The van der Waals surface area contributed by atoms with Crippen LogP contribution in [0.1, 0.15) is 29.2 Å². The van der Waals surface area contributed by atoms with Gasteiger partial charge in [-0.15, -0.1) is 0 Å². The highest BCUT2D eigenvalue weighted by atomic mass is 35.5. The van der Waals surface area contributed by atoms with Gasteiger partial charge in [0.15, 0.2) is 11.5 Å². The summed E-state index contributed by atoms with van der Waals surface area (Å²) < 4.78 is 50.6. The minimum atomic E-state index is -4.46. The third kappa shape index (κ3) is 3.81. The highest BCUT2D eigenvalue weighted by Gasteiger charge is 2.35. The molecule has 1 heterocycles. The predicted octanol–water partition coefficient (Wildman–Crippen LogP) is 5.19. The molecule has 2 aromatic carbocycles. The SMILES string of the molecule is COc1ccc2c(c1OC)CCC2N1CCN(c2ccc(Cl)c(C(F)(F)F)c2)CC1. The second-order valence-electron chi connectivity index (χ2n) is 7.61. The molecule has 0 amide bonds.